The van der Waals surface area contributed by atoms with Crippen LogP contribution in [0.4, 0.5) is 0 Å². The van der Waals surface area contributed by atoms with Crippen LogP contribution in [0.3, 0.4) is 0 Å². The van der Waals surface area contributed by atoms with Gasteiger partial charge in [-0.3, -0.25) is 4.90 Å². The van der Waals surface area contributed by atoms with Crippen molar-refractivity contribution in [1.82, 2.24) is 15.2 Å². The number of hydrogen-bond acceptors (Lipinski definition) is 4. The molecule has 0 radical (unpaired) electrons. The van der Waals surface area contributed by atoms with E-state index in [4.69, 9.17) is 4.98 Å². The van der Waals surface area contributed by atoms with Crippen LogP contribution >= 0.6 is 11.3 Å². The Morgan fingerprint density at radius 3 is 3.00 bits per heavy atom. The van der Waals surface area contributed by atoms with Crippen LogP contribution in [0.1, 0.15) is 43.3 Å². The van der Waals surface area contributed by atoms with E-state index in [9.17, 15) is 0 Å². The number of nitrogens with zero attached hydrogens (tertiary/aromatic N) is 2. The SMILES string of the molecule is CC(C)c1nc(CN(C)C2CCCNC2)cs1. The smallest absolute Gasteiger partial charge is 0.0954 e. The molecule has 0 bridgehead atoms. The Labute approximate surface area is 108 Å². The minimum absolute atomic E-state index is 0.551. The van der Waals surface area contributed by atoms with Gasteiger partial charge in [-0.15, -0.1) is 11.3 Å². The van der Waals surface area contributed by atoms with Crippen LogP contribution < -0.4 is 5.32 Å². The second kappa shape index (κ2) is 5.94. The third kappa shape index (κ3) is 3.50. The fourth-order valence-electron chi connectivity index (χ4n) is 2.25. The van der Waals surface area contributed by atoms with Crippen molar-refractivity contribution in [2.24, 2.45) is 0 Å². The molecular weight excluding hydrogens is 230 g/mol. The highest BCUT2D eigenvalue weighted by Crippen LogP contribution is 2.20. The molecule has 1 aromatic rings. The minimum Gasteiger partial charge on any atom is -0.315 e. The van der Waals surface area contributed by atoms with Crippen molar-refractivity contribution in [3.63, 3.8) is 0 Å². The summed E-state index contributed by atoms with van der Waals surface area (Å²) in [5.74, 6) is 0.551. The molecule has 1 atom stereocenters. The van der Waals surface area contributed by atoms with Crippen LogP contribution in [0.2, 0.25) is 0 Å². The molecule has 0 saturated carbocycles. The molecule has 96 valence electrons. The monoisotopic (exact) mass is 253 g/mol. The zero-order valence-corrected chi connectivity index (χ0v) is 11.9. The zero-order valence-electron chi connectivity index (χ0n) is 11.1. The van der Waals surface area contributed by atoms with Gasteiger partial charge in [-0.05, 0) is 26.4 Å². The molecule has 1 saturated heterocycles. The van der Waals surface area contributed by atoms with E-state index in [0.717, 1.165) is 13.1 Å². The van der Waals surface area contributed by atoms with E-state index in [1.165, 1.54) is 30.1 Å². The standard InChI is InChI=1S/C13H23N3S/c1-10(2)13-15-11(9-17-13)8-16(3)12-5-4-6-14-7-12/h9-10,12,14H,4-8H2,1-3H3. The molecule has 1 aromatic heterocycles. The van der Waals surface area contributed by atoms with E-state index in [1.807, 2.05) is 0 Å². The lowest BCUT2D eigenvalue weighted by Gasteiger charge is -2.31. The first-order chi connectivity index (χ1) is 8.16. The van der Waals surface area contributed by atoms with Gasteiger partial charge in [0.1, 0.15) is 0 Å². The molecule has 1 fully saturated rings. The zero-order chi connectivity index (χ0) is 12.3. The van der Waals surface area contributed by atoms with Crippen molar-refractivity contribution < 1.29 is 0 Å². The van der Waals surface area contributed by atoms with Gasteiger partial charge in [-0.1, -0.05) is 13.8 Å². The van der Waals surface area contributed by atoms with Gasteiger partial charge in [0.25, 0.3) is 0 Å². The molecule has 1 N–H and O–H groups in total. The summed E-state index contributed by atoms with van der Waals surface area (Å²) in [5.41, 5.74) is 1.23. The molecule has 17 heavy (non-hydrogen) atoms. The second-order valence-corrected chi connectivity index (χ2v) is 6.14. The van der Waals surface area contributed by atoms with Crippen molar-refractivity contribution in [2.75, 3.05) is 20.1 Å². The maximum absolute atomic E-state index is 4.70. The summed E-state index contributed by atoms with van der Waals surface area (Å²) in [7, 11) is 2.21. The van der Waals surface area contributed by atoms with Crippen molar-refractivity contribution in [3.05, 3.63) is 16.1 Å². The summed E-state index contributed by atoms with van der Waals surface area (Å²) in [6, 6.07) is 0.674. The molecule has 2 rings (SSSR count). The molecule has 0 aromatic carbocycles. The molecule has 1 aliphatic heterocycles. The van der Waals surface area contributed by atoms with Crippen LogP contribution in [0, 0.1) is 0 Å². The number of thiazole rings is 1. The van der Waals surface area contributed by atoms with Gasteiger partial charge in [0, 0.05) is 30.4 Å². The fraction of sp³-hybridized carbons (Fsp3) is 0.769. The van der Waals surface area contributed by atoms with Crippen LogP contribution in [0.5, 0.6) is 0 Å². The van der Waals surface area contributed by atoms with Gasteiger partial charge < -0.3 is 5.32 Å². The summed E-state index contributed by atoms with van der Waals surface area (Å²) >= 11 is 1.79. The van der Waals surface area contributed by atoms with Crippen LogP contribution in [0.25, 0.3) is 0 Å². The number of likely N-dealkylation sites (N-methyl/N-ethyl adjacent to an activating group) is 1. The third-order valence-electron chi connectivity index (χ3n) is 3.37. The van der Waals surface area contributed by atoms with Crippen molar-refractivity contribution in [3.8, 4) is 0 Å². The molecule has 3 nitrogen and oxygen atoms in total. The quantitative estimate of drug-likeness (QED) is 0.893. The molecule has 2 heterocycles. The maximum atomic E-state index is 4.70. The number of aromatic nitrogens is 1. The first-order valence-corrected chi connectivity index (χ1v) is 7.40. The van der Waals surface area contributed by atoms with Crippen LogP contribution in [-0.4, -0.2) is 36.1 Å². The Bertz CT molecular complexity index is 342. The summed E-state index contributed by atoms with van der Waals surface area (Å²) < 4.78 is 0. The van der Waals surface area contributed by atoms with E-state index >= 15 is 0 Å². The summed E-state index contributed by atoms with van der Waals surface area (Å²) in [4.78, 5) is 7.14. The molecule has 0 aliphatic carbocycles. The highest BCUT2D eigenvalue weighted by atomic mass is 32.1. The highest BCUT2D eigenvalue weighted by molar-refractivity contribution is 7.09. The number of rotatable bonds is 4. The average molecular weight is 253 g/mol. The number of hydrogen-bond donors (Lipinski definition) is 1. The summed E-state index contributed by atoms with van der Waals surface area (Å²) in [5, 5.41) is 6.94. The lowest BCUT2D eigenvalue weighted by atomic mass is 10.1. The average Bonchev–Trinajstić information content (AvgIpc) is 2.79. The van der Waals surface area contributed by atoms with E-state index in [2.05, 4.69) is 36.5 Å². The Balaban J connectivity index is 1.90. The topological polar surface area (TPSA) is 28.2 Å². The first kappa shape index (κ1) is 13.0. The Morgan fingerprint density at radius 1 is 1.59 bits per heavy atom. The lowest BCUT2D eigenvalue weighted by Crippen LogP contribution is -2.43. The van der Waals surface area contributed by atoms with Crippen molar-refractivity contribution in [1.29, 1.82) is 0 Å². The van der Waals surface area contributed by atoms with E-state index in [-0.39, 0.29) is 0 Å². The second-order valence-electron chi connectivity index (χ2n) is 5.25. The van der Waals surface area contributed by atoms with E-state index in [1.54, 1.807) is 11.3 Å². The normalized spacial score (nSPS) is 21.4. The van der Waals surface area contributed by atoms with E-state index in [0.29, 0.717) is 12.0 Å². The molecular formula is C13H23N3S. The molecule has 0 spiro atoms. The summed E-state index contributed by atoms with van der Waals surface area (Å²) in [6.07, 6.45) is 2.61. The molecule has 0 amide bonds. The molecule has 4 heteroatoms. The fourth-order valence-corrected chi connectivity index (χ4v) is 3.08. The molecule has 1 aliphatic rings. The van der Waals surface area contributed by atoms with Crippen LogP contribution in [-0.2, 0) is 6.54 Å². The minimum atomic E-state index is 0.551. The predicted molar refractivity (Wildman–Crippen MR) is 73.6 cm³/mol. The maximum Gasteiger partial charge on any atom is 0.0954 e. The first-order valence-electron chi connectivity index (χ1n) is 6.52. The van der Waals surface area contributed by atoms with Crippen molar-refractivity contribution >= 4 is 11.3 Å². The van der Waals surface area contributed by atoms with Crippen LogP contribution in [0.15, 0.2) is 5.38 Å². The van der Waals surface area contributed by atoms with Gasteiger partial charge in [-0.25, -0.2) is 4.98 Å². The predicted octanol–water partition coefficient (Wildman–Crippen LogP) is 2.45. The lowest BCUT2D eigenvalue weighted by molar-refractivity contribution is 0.194. The number of piperidine rings is 1. The van der Waals surface area contributed by atoms with E-state index < -0.39 is 0 Å². The Hall–Kier alpha value is -0.450. The van der Waals surface area contributed by atoms with Crippen molar-refractivity contribution in [2.45, 2.75) is 45.2 Å². The van der Waals surface area contributed by atoms with Gasteiger partial charge in [0.2, 0.25) is 0 Å². The summed E-state index contributed by atoms with van der Waals surface area (Å²) in [6.45, 7) is 7.69. The van der Waals surface area contributed by atoms with Gasteiger partial charge >= 0.3 is 0 Å². The number of nitrogens with one attached hydrogen (secondary N) is 1. The molecule has 1 unspecified atom stereocenters. The Kier molecular flexibility index (Phi) is 4.54. The van der Waals surface area contributed by atoms with Gasteiger partial charge in [0.05, 0.1) is 10.7 Å². The largest absolute Gasteiger partial charge is 0.315 e. The highest BCUT2D eigenvalue weighted by Gasteiger charge is 2.18. The van der Waals surface area contributed by atoms with Gasteiger partial charge in [0.15, 0.2) is 0 Å². The third-order valence-corrected chi connectivity index (χ3v) is 4.56. The van der Waals surface area contributed by atoms with Gasteiger partial charge in [-0.2, -0.15) is 0 Å². The Morgan fingerprint density at radius 2 is 2.41 bits per heavy atom.